The minimum atomic E-state index is 0.263. The molecular formula is C21H16ClN3OS. The van der Waals surface area contributed by atoms with E-state index >= 15 is 0 Å². The van der Waals surface area contributed by atoms with Crippen molar-refractivity contribution in [2.24, 2.45) is 0 Å². The zero-order valence-electron chi connectivity index (χ0n) is 14.5. The Morgan fingerprint density at radius 3 is 2.85 bits per heavy atom. The zero-order chi connectivity index (χ0) is 18.8. The molecule has 3 aromatic heterocycles. The van der Waals surface area contributed by atoms with Crippen molar-refractivity contribution in [3.05, 3.63) is 81.9 Å². The molecule has 6 heteroatoms. The number of hydrogen-bond donors (Lipinski definition) is 1. The van der Waals surface area contributed by atoms with Crippen LogP contribution >= 0.6 is 22.9 Å². The number of thiazole rings is 1. The van der Waals surface area contributed by atoms with E-state index in [0.717, 1.165) is 33.0 Å². The van der Waals surface area contributed by atoms with Gasteiger partial charge in [0.15, 0.2) is 0 Å². The fraction of sp³-hybridized carbons (Fsp3) is 0.0476. The first-order valence-corrected chi connectivity index (χ1v) is 9.53. The van der Waals surface area contributed by atoms with Gasteiger partial charge >= 0.3 is 0 Å². The van der Waals surface area contributed by atoms with E-state index in [2.05, 4.69) is 4.98 Å². The number of benzene rings is 1. The van der Waals surface area contributed by atoms with Crippen LogP contribution < -0.4 is 10.2 Å². The lowest BCUT2D eigenvalue weighted by Gasteiger charge is -2.07. The lowest BCUT2D eigenvalue weighted by atomic mass is 10.1. The molecule has 3 heterocycles. The van der Waals surface area contributed by atoms with Crippen molar-refractivity contribution in [3.63, 3.8) is 0 Å². The maximum atomic E-state index is 8.58. The summed E-state index contributed by atoms with van der Waals surface area (Å²) in [4.78, 5) is 5.06. The van der Waals surface area contributed by atoms with E-state index in [0.29, 0.717) is 5.02 Å². The lowest BCUT2D eigenvalue weighted by molar-refractivity contribution is 0.415. The third-order valence-electron chi connectivity index (χ3n) is 4.22. The molecule has 0 saturated heterocycles. The molecule has 0 fully saturated rings. The maximum absolute atomic E-state index is 8.58. The van der Waals surface area contributed by atoms with Crippen molar-refractivity contribution in [2.75, 3.05) is 7.11 Å². The molecule has 0 unspecified atom stereocenters. The van der Waals surface area contributed by atoms with Crippen LogP contribution in [0.2, 0.25) is 5.02 Å². The van der Waals surface area contributed by atoms with Gasteiger partial charge in [0.05, 0.1) is 17.8 Å². The van der Waals surface area contributed by atoms with Gasteiger partial charge in [0, 0.05) is 23.3 Å². The molecule has 4 rings (SSSR count). The molecule has 0 aliphatic rings. The Hall–Kier alpha value is -2.89. The molecule has 0 amide bonds. The highest BCUT2D eigenvalue weighted by molar-refractivity contribution is 7.16. The van der Waals surface area contributed by atoms with E-state index in [1.165, 1.54) is 0 Å². The summed E-state index contributed by atoms with van der Waals surface area (Å²) in [6, 6.07) is 13.7. The molecule has 1 aromatic carbocycles. The molecule has 134 valence electrons. The Labute approximate surface area is 165 Å². The van der Waals surface area contributed by atoms with Gasteiger partial charge in [-0.15, -0.1) is 11.3 Å². The zero-order valence-corrected chi connectivity index (χ0v) is 16.1. The summed E-state index contributed by atoms with van der Waals surface area (Å²) < 4.78 is 7.18. The third-order valence-corrected chi connectivity index (χ3v) is 5.50. The van der Waals surface area contributed by atoms with E-state index in [1.54, 1.807) is 30.8 Å². The minimum Gasteiger partial charge on any atom is -0.497 e. The highest BCUT2D eigenvalue weighted by atomic mass is 35.5. The maximum Gasteiger partial charge on any atom is 0.150 e. The highest BCUT2D eigenvalue weighted by Gasteiger charge is 2.12. The number of hydrogen-bond acceptors (Lipinski definition) is 4. The van der Waals surface area contributed by atoms with E-state index < -0.39 is 0 Å². The molecule has 0 bridgehead atoms. The van der Waals surface area contributed by atoms with Crippen molar-refractivity contribution in [1.29, 1.82) is 5.41 Å². The molecule has 4 aromatic rings. The molecule has 1 N–H and O–H groups in total. The number of nitrogens with zero attached hydrogens (tertiary/aromatic N) is 2. The molecule has 27 heavy (non-hydrogen) atoms. The standard InChI is InChI=1S/C21H16ClN3OS/c1-26-17-6-2-5-15(10-17)18-13-27-19-11-16(20(22)21(23)25(18)19)8-7-14-4-3-9-24-12-14/h2-13,23H,1H3. The molecule has 0 aliphatic heterocycles. The number of methoxy groups -OCH3 is 1. The minimum absolute atomic E-state index is 0.263. The van der Waals surface area contributed by atoms with Crippen molar-refractivity contribution in [2.45, 2.75) is 0 Å². The number of fused-ring (bicyclic) bond motifs is 1. The van der Waals surface area contributed by atoms with Gasteiger partial charge in [-0.25, -0.2) is 0 Å². The first kappa shape index (κ1) is 17.5. The van der Waals surface area contributed by atoms with Gasteiger partial charge in [0.2, 0.25) is 0 Å². The second-order valence-electron chi connectivity index (χ2n) is 5.91. The van der Waals surface area contributed by atoms with Crippen LogP contribution in [0.1, 0.15) is 11.1 Å². The van der Waals surface area contributed by atoms with Crippen molar-refractivity contribution in [3.8, 4) is 17.0 Å². The van der Waals surface area contributed by atoms with Crippen LogP contribution in [0.15, 0.2) is 60.2 Å². The van der Waals surface area contributed by atoms with Gasteiger partial charge in [-0.3, -0.25) is 14.8 Å². The van der Waals surface area contributed by atoms with Gasteiger partial charge in [0.25, 0.3) is 0 Å². The molecule has 4 nitrogen and oxygen atoms in total. The number of ether oxygens (including phenoxy) is 1. The van der Waals surface area contributed by atoms with Crippen LogP contribution in [0.3, 0.4) is 0 Å². The Morgan fingerprint density at radius 1 is 1.19 bits per heavy atom. The summed E-state index contributed by atoms with van der Waals surface area (Å²) in [5.74, 6) is 0.779. The third kappa shape index (κ3) is 3.39. The number of halogens is 1. The SMILES string of the molecule is COc1cccc(-c2csc3cc(C=Cc4cccnc4)c(Cl)c(=N)n23)c1. The molecule has 0 spiro atoms. The van der Waals surface area contributed by atoms with E-state index in [-0.39, 0.29) is 5.49 Å². The van der Waals surface area contributed by atoms with Gasteiger partial charge in [-0.1, -0.05) is 42.0 Å². The topological polar surface area (TPSA) is 50.4 Å². The van der Waals surface area contributed by atoms with E-state index in [4.69, 9.17) is 21.7 Å². The van der Waals surface area contributed by atoms with Crippen LogP contribution in [0, 0.1) is 5.41 Å². The van der Waals surface area contributed by atoms with Gasteiger partial charge in [0.1, 0.15) is 16.1 Å². The predicted molar refractivity (Wildman–Crippen MR) is 111 cm³/mol. The van der Waals surface area contributed by atoms with E-state index in [1.807, 2.05) is 64.4 Å². The first-order valence-electron chi connectivity index (χ1n) is 8.27. The monoisotopic (exact) mass is 393 g/mol. The van der Waals surface area contributed by atoms with Gasteiger partial charge in [-0.2, -0.15) is 0 Å². The Bertz CT molecular complexity index is 1200. The average Bonchev–Trinajstić information content (AvgIpc) is 3.14. The smallest absolute Gasteiger partial charge is 0.150 e. The predicted octanol–water partition coefficient (Wildman–Crippen LogP) is 5.37. The van der Waals surface area contributed by atoms with Crippen molar-refractivity contribution >= 4 is 39.9 Å². The van der Waals surface area contributed by atoms with Crippen LogP contribution in [0.25, 0.3) is 28.2 Å². The first-order chi connectivity index (χ1) is 13.2. The van der Waals surface area contributed by atoms with Crippen LogP contribution in [0.4, 0.5) is 0 Å². The van der Waals surface area contributed by atoms with Crippen LogP contribution in [0.5, 0.6) is 5.75 Å². The van der Waals surface area contributed by atoms with Crippen LogP contribution in [-0.2, 0) is 0 Å². The summed E-state index contributed by atoms with van der Waals surface area (Å²) in [6.45, 7) is 0. The Balaban J connectivity index is 1.82. The molecule has 0 aliphatic carbocycles. The largest absolute Gasteiger partial charge is 0.497 e. The fourth-order valence-electron chi connectivity index (χ4n) is 2.86. The molecule has 0 atom stereocenters. The van der Waals surface area contributed by atoms with Gasteiger partial charge in [-0.05, 0) is 35.4 Å². The number of nitrogens with one attached hydrogen (secondary N) is 1. The van der Waals surface area contributed by atoms with E-state index in [9.17, 15) is 0 Å². The van der Waals surface area contributed by atoms with Crippen molar-refractivity contribution < 1.29 is 4.74 Å². The lowest BCUT2D eigenvalue weighted by Crippen LogP contribution is -2.15. The van der Waals surface area contributed by atoms with Crippen molar-refractivity contribution in [1.82, 2.24) is 9.38 Å². The highest BCUT2D eigenvalue weighted by Crippen LogP contribution is 2.29. The molecule has 0 saturated carbocycles. The summed E-state index contributed by atoms with van der Waals surface area (Å²) in [5, 5.41) is 11.0. The Morgan fingerprint density at radius 2 is 2.07 bits per heavy atom. The second kappa shape index (κ2) is 7.39. The van der Waals surface area contributed by atoms with Gasteiger partial charge < -0.3 is 4.74 Å². The van der Waals surface area contributed by atoms with Crippen LogP contribution in [-0.4, -0.2) is 16.5 Å². The number of pyridine rings is 2. The Kier molecular flexibility index (Phi) is 4.79. The summed E-state index contributed by atoms with van der Waals surface area (Å²) >= 11 is 8.10. The second-order valence-corrected chi connectivity index (χ2v) is 7.18. The normalized spacial score (nSPS) is 11.3. The molecular weight excluding hydrogens is 378 g/mol. The summed E-state index contributed by atoms with van der Waals surface area (Å²) in [5.41, 5.74) is 3.96. The number of rotatable bonds is 4. The average molecular weight is 394 g/mol. The summed E-state index contributed by atoms with van der Waals surface area (Å²) in [6.07, 6.45) is 7.38. The number of aromatic nitrogens is 2. The quantitative estimate of drug-likeness (QED) is 0.506. The molecule has 0 radical (unpaired) electrons. The summed E-state index contributed by atoms with van der Waals surface area (Å²) in [7, 11) is 1.64. The fourth-order valence-corrected chi connectivity index (χ4v) is 4.03.